The van der Waals surface area contributed by atoms with Crippen LogP contribution in [0, 0.1) is 0 Å². The Morgan fingerprint density at radius 1 is 1.17 bits per heavy atom. The molecule has 1 unspecified atom stereocenters. The second kappa shape index (κ2) is 5.94. The molecule has 1 aromatic rings. The van der Waals surface area contributed by atoms with E-state index in [1.807, 2.05) is 4.90 Å². The van der Waals surface area contributed by atoms with Crippen molar-refractivity contribution in [3.63, 3.8) is 0 Å². The normalized spacial score (nSPS) is 25.7. The third-order valence-electron chi connectivity index (χ3n) is 4.35. The molecule has 23 heavy (non-hydrogen) atoms. The predicted molar refractivity (Wildman–Crippen MR) is 79.6 cm³/mol. The van der Waals surface area contributed by atoms with Gasteiger partial charge in [-0.3, -0.25) is 0 Å². The molecule has 5 nitrogen and oxygen atoms in total. The first-order chi connectivity index (χ1) is 10.8. The van der Waals surface area contributed by atoms with Crippen LogP contribution in [-0.4, -0.2) is 49.1 Å². The molecule has 1 aromatic heterocycles. The third-order valence-corrected chi connectivity index (χ3v) is 6.35. The van der Waals surface area contributed by atoms with Crippen molar-refractivity contribution in [2.75, 3.05) is 30.3 Å². The second-order valence-corrected chi connectivity index (χ2v) is 7.96. The molecular weight excluding hydrogens is 331 g/mol. The first-order valence-corrected chi connectivity index (χ1v) is 9.16. The van der Waals surface area contributed by atoms with Gasteiger partial charge in [0.05, 0.1) is 17.6 Å². The van der Waals surface area contributed by atoms with E-state index in [-0.39, 0.29) is 11.8 Å². The Kier molecular flexibility index (Phi) is 4.26. The molecule has 3 heterocycles. The standard InChI is InChI=1S/C14H18F3N3O2S/c15-14(16,17)13-5-4-11(9-18-13)19-6-1-3-12(10-19)20-7-2-8-23(20,21)22/h4-5,9,12H,1-3,6-8,10H2. The lowest BCUT2D eigenvalue weighted by Crippen LogP contribution is -2.48. The van der Waals surface area contributed by atoms with Crippen LogP contribution in [0.5, 0.6) is 0 Å². The molecule has 2 aliphatic rings. The highest BCUT2D eigenvalue weighted by molar-refractivity contribution is 7.89. The van der Waals surface area contributed by atoms with Gasteiger partial charge in [-0.15, -0.1) is 0 Å². The summed E-state index contributed by atoms with van der Waals surface area (Å²) in [6.07, 6.45) is -1.02. The van der Waals surface area contributed by atoms with Crippen LogP contribution < -0.4 is 4.90 Å². The number of piperidine rings is 1. The van der Waals surface area contributed by atoms with E-state index in [4.69, 9.17) is 0 Å². The van der Waals surface area contributed by atoms with Gasteiger partial charge in [0.15, 0.2) is 0 Å². The summed E-state index contributed by atoms with van der Waals surface area (Å²) < 4.78 is 63.3. The van der Waals surface area contributed by atoms with E-state index in [2.05, 4.69) is 4.98 Å². The van der Waals surface area contributed by atoms with Crippen molar-refractivity contribution in [2.45, 2.75) is 31.5 Å². The highest BCUT2D eigenvalue weighted by Crippen LogP contribution is 2.30. The Bertz CT molecular complexity index is 661. The number of pyridine rings is 1. The second-order valence-electron chi connectivity index (χ2n) is 5.92. The van der Waals surface area contributed by atoms with E-state index in [1.54, 1.807) is 4.31 Å². The van der Waals surface area contributed by atoms with Crippen molar-refractivity contribution in [1.29, 1.82) is 0 Å². The number of halogens is 3. The van der Waals surface area contributed by atoms with Gasteiger partial charge in [0.1, 0.15) is 5.69 Å². The Balaban J connectivity index is 1.74. The van der Waals surface area contributed by atoms with Crippen LogP contribution in [0.15, 0.2) is 18.3 Å². The number of rotatable bonds is 2. The number of sulfonamides is 1. The van der Waals surface area contributed by atoms with Gasteiger partial charge in [-0.25, -0.2) is 13.4 Å². The largest absolute Gasteiger partial charge is 0.433 e. The summed E-state index contributed by atoms with van der Waals surface area (Å²) in [6.45, 7) is 1.72. The minimum absolute atomic E-state index is 0.112. The maximum atomic E-state index is 12.6. The van der Waals surface area contributed by atoms with Crippen LogP contribution in [0.25, 0.3) is 0 Å². The van der Waals surface area contributed by atoms with Crippen LogP contribution in [-0.2, 0) is 16.2 Å². The molecule has 0 amide bonds. The Morgan fingerprint density at radius 2 is 1.96 bits per heavy atom. The maximum Gasteiger partial charge on any atom is 0.433 e. The van der Waals surface area contributed by atoms with E-state index in [0.29, 0.717) is 31.7 Å². The van der Waals surface area contributed by atoms with Gasteiger partial charge < -0.3 is 4.90 Å². The summed E-state index contributed by atoms with van der Waals surface area (Å²) in [6, 6.07) is 2.25. The molecule has 9 heteroatoms. The molecule has 2 saturated heterocycles. The fourth-order valence-electron chi connectivity index (χ4n) is 3.23. The lowest BCUT2D eigenvalue weighted by molar-refractivity contribution is -0.141. The van der Waals surface area contributed by atoms with Crippen molar-refractivity contribution in [1.82, 2.24) is 9.29 Å². The van der Waals surface area contributed by atoms with E-state index in [9.17, 15) is 21.6 Å². The minimum atomic E-state index is -4.45. The van der Waals surface area contributed by atoms with Crippen molar-refractivity contribution in [2.24, 2.45) is 0 Å². The summed E-state index contributed by atoms with van der Waals surface area (Å²) >= 11 is 0. The van der Waals surface area contributed by atoms with Gasteiger partial charge in [0, 0.05) is 25.7 Å². The topological polar surface area (TPSA) is 53.5 Å². The summed E-state index contributed by atoms with van der Waals surface area (Å²) in [4.78, 5) is 5.39. The summed E-state index contributed by atoms with van der Waals surface area (Å²) in [5, 5.41) is 0. The van der Waals surface area contributed by atoms with Crippen LogP contribution in [0.3, 0.4) is 0 Å². The predicted octanol–water partition coefficient (Wildman–Crippen LogP) is 2.10. The Morgan fingerprint density at radius 3 is 2.52 bits per heavy atom. The molecule has 0 spiro atoms. The van der Waals surface area contributed by atoms with Gasteiger partial charge in [-0.2, -0.15) is 17.5 Å². The number of aromatic nitrogens is 1. The molecule has 0 aliphatic carbocycles. The van der Waals surface area contributed by atoms with E-state index in [0.717, 1.165) is 18.9 Å². The van der Waals surface area contributed by atoms with Crippen LogP contribution >= 0.6 is 0 Å². The third kappa shape index (κ3) is 3.45. The molecule has 0 saturated carbocycles. The van der Waals surface area contributed by atoms with E-state index >= 15 is 0 Å². The molecule has 1 atom stereocenters. The number of hydrogen-bond acceptors (Lipinski definition) is 4. The number of hydrogen-bond donors (Lipinski definition) is 0. The molecular formula is C14H18F3N3O2S. The number of anilines is 1. The Hall–Kier alpha value is -1.35. The zero-order valence-corrected chi connectivity index (χ0v) is 13.3. The van der Waals surface area contributed by atoms with Crippen LogP contribution in [0.4, 0.5) is 18.9 Å². The fourth-order valence-corrected chi connectivity index (χ4v) is 5.00. The van der Waals surface area contributed by atoms with Crippen molar-refractivity contribution < 1.29 is 21.6 Å². The van der Waals surface area contributed by atoms with Crippen LogP contribution in [0.2, 0.25) is 0 Å². The average Bonchev–Trinajstić information content (AvgIpc) is 2.86. The molecule has 0 bridgehead atoms. The quantitative estimate of drug-likeness (QED) is 0.821. The fraction of sp³-hybridized carbons (Fsp3) is 0.643. The first-order valence-electron chi connectivity index (χ1n) is 7.55. The summed E-state index contributed by atoms with van der Waals surface area (Å²) in [5.41, 5.74) is -0.323. The molecule has 0 aromatic carbocycles. The molecule has 2 aliphatic heterocycles. The van der Waals surface area contributed by atoms with Crippen molar-refractivity contribution in [3.8, 4) is 0 Å². The zero-order valence-electron chi connectivity index (χ0n) is 12.5. The molecule has 0 radical (unpaired) electrons. The monoisotopic (exact) mass is 349 g/mol. The first kappa shape index (κ1) is 16.5. The zero-order chi connectivity index (χ0) is 16.7. The average molecular weight is 349 g/mol. The van der Waals surface area contributed by atoms with Crippen molar-refractivity contribution in [3.05, 3.63) is 24.0 Å². The minimum Gasteiger partial charge on any atom is -0.369 e. The molecule has 3 rings (SSSR count). The van der Waals surface area contributed by atoms with Gasteiger partial charge in [-0.1, -0.05) is 0 Å². The van der Waals surface area contributed by atoms with Gasteiger partial charge in [0.2, 0.25) is 10.0 Å². The smallest absolute Gasteiger partial charge is 0.369 e. The van der Waals surface area contributed by atoms with Gasteiger partial charge in [0.25, 0.3) is 0 Å². The lowest BCUT2D eigenvalue weighted by Gasteiger charge is -2.37. The van der Waals surface area contributed by atoms with E-state index in [1.165, 1.54) is 12.3 Å². The number of nitrogens with zero attached hydrogens (tertiary/aromatic N) is 3. The summed E-state index contributed by atoms with van der Waals surface area (Å²) in [5.74, 6) is 0.186. The van der Waals surface area contributed by atoms with Crippen LogP contribution in [0.1, 0.15) is 25.0 Å². The van der Waals surface area contributed by atoms with Crippen molar-refractivity contribution >= 4 is 15.7 Å². The van der Waals surface area contributed by atoms with Gasteiger partial charge >= 0.3 is 6.18 Å². The summed E-state index contributed by atoms with van der Waals surface area (Å²) in [7, 11) is -3.18. The lowest BCUT2D eigenvalue weighted by atomic mass is 10.0. The number of alkyl halides is 3. The van der Waals surface area contributed by atoms with E-state index < -0.39 is 21.9 Å². The highest BCUT2D eigenvalue weighted by Gasteiger charge is 2.37. The highest BCUT2D eigenvalue weighted by atomic mass is 32.2. The maximum absolute atomic E-state index is 12.6. The molecule has 128 valence electrons. The molecule has 2 fully saturated rings. The van der Waals surface area contributed by atoms with Gasteiger partial charge in [-0.05, 0) is 31.4 Å². The molecule has 0 N–H and O–H groups in total. The Labute approximate surface area is 133 Å². The SMILES string of the molecule is O=S1(=O)CCCN1C1CCCN(c2ccc(C(F)(F)F)nc2)C1.